The zero-order chi connectivity index (χ0) is 8.27. The van der Waals surface area contributed by atoms with Crippen LogP contribution in [0.15, 0.2) is 0 Å². The SMILES string of the molecule is Cl.NCCN1C(=O)CCCC1=O. The lowest BCUT2D eigenvalue weighted by molar-refractivity contribution is -0.147. The fraction of sp³-hybridized carbons (Fsp3) is 0.714. The number of nitrogens with two attached hydrogens (primary N) is 1. The summed E-state index contributed by atoms with van der Waals surface area (Å²) in [5.41, 5.74) is 5.24. The van der Waals surface area contributed by atoms with E-state index < -0.39 is 0 Å². The van der Waals surface area contributed by atoms with Crippen LogP contribution in [0.3, 0.4) is 0 Å². The summed E-state index contributed by atoms with van der Waals surface area (Å²) < 4.78 is 0. The molecular weight excluding hydrogens is 180 g/mol. The second-order valence-corrected chi connectivity index (χ2v) is 2.58. The van der Waals surface area contributed by atoms with Crippen LogP contribution in [0.25, 0.3) is 0 Å². The van der Waals surface area contributed by atoms with E-state index >= 15 is 0 Å². The van der Waals surface area contributed by atoms with Gasteiger partial charge in [0.15, 0.2) is 0 Å². The van der Waals surface area contributed by atoms with Crippen molar-refractivity contribution < 1.29 is 9.59 Å². The number of carbonyl (C=O) groups is 2. The molecule has 1 saturated heterocycles. The lowest BCUT2D eigenvalue weighted by Gasteiger charge is -2.23. The molecule has 0 aromatic carbocycles. The molecule has 0 radical (unpaired) electrons. The summed E-state index contributed by atoms with van der Waals surface area (Å²) in [6, 6.07) is 0. The van der Waals surface area contributed by atoms with Crippen LogP contribution in [-0.4, -0.2) is 29.8 Å². The quantitative estimate of drug-likeness (QED) is 0.622. The van der Waals surface area contributed by atoms with E-state index in [4.69, 9.17) is 5.73 Å². The first-order valence-corrected chi connectivity index (χ1v) is 3.79. The number of carbonyl (C=O) groups excluding carboxylic acids is 2. The second kappa shape index (κ2) is 5.11. The molecule has 0 aromatic heterocycles. The molecule has 5 heteroatoms. The maximum Gasteiger partial charge on any atom is 0.229 e. The highest BCUT2D eigenvalue weighted by Gasteiger charge is 2.24. The number of likely N-dealkylation sites (tertiary alicyclic amines) is 1. The van der Waals surface area contributed by atoms with Gasteiger partial charge < -0.3 is 5.73 Å². The summed E-state index contributed by atoms with van der Waals surface area (Å²) in [7, 11) is 0. The van der Waals surface area contributed by atoms with E-state index in [1.165, 1.54) is 4.90 Å². The van der Waals surface area contributed by atoms with E-state index in [0.29, 0.717) is 32.4 Å². The van der Waals surface area contributed by atoms with Crippen LogP contribution >= 0.6 is 12.4 Å². The van der Waals surface area contributed by atoms with E-state index in [2.05, 4.69) is 0 Å². The molecule has 1 aliphatic rings. The zero-order valence-electron chi connectivity index (χ0n) is 6.78. The summed E-state index contributed by atoms with van der Waals surface area (Å²) >= 11 is 0. The average molecular weight is 193 g/mol. The number of nitrogens with zero attached hydrogens (tertiary/aromatic N) is 1. The van der Waals surface area contributed by atoms with Gasteiger partial charge in [0.1, 0.15) is 0 Å². The van der Waals surface area contributed by atoms with E-state index in [1.54, 1.807) is 0 Å². The van der Waals surface area contributed by atoms with Crippen LogP contribution in [-0.2, 0) is 9.59 Å². The van der Waals surface area contributed by atoms with Gasteiger partial charge in [-0.2, -0.15) is 0 Å². The maximum absolute atomic E-state index is 11.0. The molecule has 0 spiro atoms. The van der Waals surface area contributed by atoms with Crippen LogP contribution in [0.4, 0.5) is 0 Å². The molecule has 12 heavy (non-hydrogen) atoms. The highest BCUT2D eigenvalue weighted by Crippen LogP contribution is 2.10. The van der Waals surface area contributed by atoms with Crippen LogP contribution in [0.5, 0.6) is 0 Å². The van der Waals surface area contributed by atoms with Crippen molar-refractivity contribution in [2.75, 3.05) is 13.1 Å². The van der Waals surface area contributed by atoms with E-state index in [9.17, 15) is 9.59 Å². The Morgan fingerprint density at radius 1 is 1.25 bits per heavy atom. The first-order valence-electron chi connectivity index (χ1n) is 3.79. The predicted octanol–water partition coefficient (Wildman–Crippen LogP) is -0.0940. The zero-order valence-corrected chi connectivity index (χ0v) is 7.60. The number of imide groups is 1. The highest BCUT2D eigenvalue weighted by molar-refractivity contribution is 5.97. The van der Waals surface area contributed by atoms with Crippen LogP contribution in [0, 0.1) is 0 Å². The number of halogens is 1. The number of rotatable bonds is 2. The Morgan fingerprint density at radius 3 is 2.17 bits per heavy atom. The van der Waals surface area contributed by atoms with Gasteiger partial charge in [0, 0.05) is 25.9 Å². The Kier molecular flexibility index (Phi) is 4.85. The van der Waals surface area contributed by atoms with E-state index in [0.717, 1.165) is 0 Å². The molecular formula is C7H13ClN2O2. The summed E-state index contributed by atoms with van der Waals surface area (Å²) in [5, 5.41) is 0. The molecule has 1 heterocycles. The molecule has 0 aromatic rings. The fourth-order valence-electron chi connectivity index (χ4n) is 1.18. The molecule has 2 N–H and O–H groups in total. The third-order valence-corrected chi connectivity index (χ3v) is 1.74. The summed E-state index contributed by atoms with van der Waals surface area (Å²) in [6.07, 6.45) is 1.68. The van der Waals surface area contributed by atoms with E-state index in [1.807, 2.05) is 0 Å². The number of hydrogen-bond acceptors (Lipinski definition) is 3. The lowest BCUT2D eigenvalue weighted by atomic mass is 10.1. The van der Waals surface area contributed by atoms with Crippen molar-refractivity contribution in [3.05, 3.63) is 0 Å². The van der Waals surface area contributed by atoms with Crippen molar-refractivity contribution >= 4 is 24.2 Å². The average Bonchev–Trinajstić information content (AvgIpc) is 1.97. The smallest absolute Gasteiger partial charge is 0.229 e. The molecule has 0 bridgehead atoms. The van der Waals surface area contributed by atoms with Gasteiger partial charge in [-0.15, -0.1) is 12.4 Å². The van der Waals surface area contributed by atoms with Gasteiger partial charge in [0.2, 0.25) is 11.8 Å². The second-order valence-electron chi connectivity index (χ2n) is 2.58. The standard InChI is InChI=1S/C7H12N2O2.ClH/c8-4-5-9-6(10)2-1-3-7(9)11;/h1-5,8H2;1H. The maximum atomic E-state index is 11.0. The van der Waals surface area contributed by atoms with Crippen molar-refractivity contribution in [3.8, 4) is 0 Å². The first-order chi connectivity index (χ1) is 5.25. The van der Waals surface area contributed by atoms with Crippen molar-refractivity contribution in [2.45, 2.75) is 19.3 Å². The Bertz CT molecular complexity index is 168. The van der Waals surface area contributed by atoms with Gasteiger partial charge in [-0.3, -0.25) is 14.5 Å². The first kappa shape index (κ1) is 11.4. The normalized spacial score (nSPS) is 17.6. The van der Waals surface area contributed by atoms with Crippen molar-refractivity contribution in [2.24, 2.45) is 5.73 Å². The molecule has 1 rings (SSSR count). The minimum atomic E-state index is -0.0771. The Balaban J connectivity index is 0.00000121. The van der Waals surface area contributed by atoms with E-state index in [-0.39, 0.29) is 24.2 Å². The number of amides is 2. The molecule has 0 saturated carbocycles. The minimum Gasteiger partial charge on any atom is -0.329 e. The van der Waals surface area contributed by atoms with Crippen molar-refractivity contribution in [1.29, 1.82) is 0 Å². The third kappa shape index (κ3) is 2.46. The molecule has 1 aliphatic heterocycles. The number of hydrogen-bond donors (Lipinski definition) is 1. The predicted molar refractivity (Wildman–Crippen MR) is 46.9 cm³/mol. The summed E-state index contributed by atoms with van der Waals surface area (Å²) in [5.74, 6) is -0.154. The molecule has 4 nitrogen and oxygen atoms in total. The number of piperidine rings is 1. The molecule has 70 valence electrons. The Morgan fingerprint density at radius 2 is 1.75 bits per heavy atom. The molecule has 0 unspecified atom stereocenters. The Hall–Kier alpha value is -0.610. The van der Waals surface area contributed by atoms with Gasteiger partial charge in [0.25, 0.3) is 0 Å². The fourth-order valence-corrected chi connectivity index (χ4v) is 1.18. The summed E-state index contributed by atoms with van der Waals surface area (Å²) in [4.78, 5) is 23.3. The van der Waals surface area contributed by atoms with Gasteiger partial charge in [-0.1, -0.05) is 0 Å². The van der Waals surface area contributed by atoms with Crippen molar-refractivity contribution in [3.63, 3.8) is 0 Å². The van der Waals surface area contributed by atoms with Gasteiger partial charge >= 0.3 is 0 Å². The molecule has 0 atom stereocenters. The highest BCUT2D eigenvalue weighted by atomic mass is 35.5. The van der Waals surface area contributed by atoms with Gasteiger partial charge in [-0.25, -0.2) is 0 Å². The Labute approximate surface area is 77.5 Å². The largest absolute Gasteiger partial charge is 0.329 e. The molecule has 1 fully saturated rings. The van der Waals surface area contributed by atoms with Gasteiger partial charge in [0.05, 0.1) is 0 Å². The van der Waals surface area contributed by atoms with Crippen LogP contribution < -0.4 is 5.73 Å². The topological polar surface area (TPSA) is 63.4 Å². The molecule has 2 amide bonds. The van der Waals surface area contributed by atoms with Crippen LogP contribution in [0.2, 0.25) is 0 Å². The van der Waals surface area contributed by atoms with Crippen molar-refractivity contribution in [1.82, 2.24) is 4.90 Å². The minimum absolute atomic E-state index is 0. The lowest BCUT2D eigenvalue weighted by Crippen LogP contribution is -2.42. The van der Waals surface area contributed by atoms with Crippen LogP contribution in [0.1, 0.15) is 19.3 Å². The third-order valence-electron chi connectivity index (χ3n) is 1.74. The monoisotopic (exact) mass is 192 g/mol. The van der Waals surface area contributed by atoms with Gasteiger partial charge in [-0.05, 0) is 6.42 Å². The molecule has 0 aliphatic carbocycles. The summed E-state index contributed by atoms with van der Waals surface area (Å²) in [6.45, 7) is 0.731.